The number of rotatable bonds is 12. The Kier molecular flexibility index (Phi) is 11.8. The molecule has 3 fully saturated rings. The Bertz CT molecular complexity index is 1000. The number of nitrogens with one attached hydrogen (secondary N) is 2. The zero-order chi connectivity index (χ0) is 32.1. The zero-order valence-corrected chi connectivity index (χ0v) is 29.3. The molecule has 0 radical (unpaired) electrons. The lowest BCUT2D eigenvalue weighted by Gasteiger charge is -2.58. The fourth-order valence-corrected chi connectivity index (χ4v) is 9.81. The Morgan fingerprint density at radius 1 is 0.932 bits per heavy atom. The van der Waals surface area contributed by atoms with Gasteiger partial charge in [0.15, 0.2) is 0 Å². The van der Waals surface area contributed by atoms with Gasteiger partial charge >= 0.3 is 12.2 Å². The third-order valence-corrected chi connectivity index (χ3v) is 12.0. The van der Waals surface area contributed by atoms with E-state index >= 15 is 0 Å². The van der Waals surface area contributed by atoms with E-state index in [1.807, 2.05) is 20.8 Å². The molecule has 4 rings (SSSR count). The van der Waals surface area contributed by atoms with Gasteiger partial charge in [0.2, 0.25) is 0 Å². The predicted molar refractivity (Wildman–Crippen MR) is 176 cm³/mol. The number of hydrogen-bond donors (Lipinski definition) is 2. The number of allylic oxidation sites excluding steroid dienone is 1. The molecule has 0 aromatic heterocycles. The largest absolute Gasteiger partial charge is 0.446 e. The number of ether oxygens (including phenoxy) is 3. The second-order valence-electron chi connectivity index (χ2n) is 16.5. The lowest BCUT2D eigenvalue weighted by atomic mass is 9.47. The maximum Gasteiger partial charge on any atom is 0.407 e. The topological polar surface area (TPSA) is 85.9 Å². The lowest BCUT2D eigenvalue weighted by Crippen LogP contribution is -2.51. The molecular formula is C37H64N2O5. The summed E-state index contributed by atoms with van der Waals surface area (Å²) in [5.41, 5.74) is 1.79. The summed E-state index contributed by atoms with van der Waals surface area (Å²) in [6, 6.07) is 0. The highest BCUT2D eigenvalue weighted by atomic mass is 16.6. The van der Waals surface area contributed by atoms with Gasteiger partial charge in [0.1, 0.15) is 11.7 Å². The molecule has 0 saturated heterocycles. The standard InChI is InChI=1S/C37H64N2O5/c1-25(2)10-9-11-26(3)30-14-15-31-29-13-12-27-24-28(16-18-36(27,7)32(29)17-19-37(30,31)8)43-33(40)38-20-22-42-23-21-39-34(41)44-35(4,5)6/h12,25-26,28-32H,9-11,13-24H2,1-8H3,(H,38,40)(H,39,41)/t26-,28+,29?,30-,31?,32?,36+,37-/m1/s1. The van der Waals surface area contributed by atoms with Crippen LogP contribution in [0.25, 0.3) is 0 Å². The predicted octanol–water partition coefficient (Wildman–Crippen LogP) is 8.66. The highest BCUT2D eigenvalue weighted by Crippen LogP contribution is 2.67. The van der Waals surface area contributed by atoms with Crippen LogP contribution in [0.2, 0.25) is 0 Å². The SMILES string of the molecule is CC(C)CCC[C@@H](C)[C@H]1CCC2C3CC=C4C[C@@H](OC(=O)NCCOCCNC(=O)OC(C)(C)C)CC[C@]4(C)C3CC[C@@]21C. The third kappa shape index (κ3) is 8.53. The van der Waals surface area contributed by atoms with Gasteiger partial charge in [-0.1, -0.05) is 65.5 Å². The van der Waals surface area contributed by atoms with Gasteiger partial charge in [0, 0.05) is 19.5 Å². The highest BCUT2D eigenvalue weighted by Gasteiger charge is 2.59. The van der Waals surface area contributed by atoms with Crippen LogP contribution in [0.5, 0.6) is 0 Å². The zero-order valence-electron chi connectivity index (χ0n) is 29.3. The van der Waals surface area contributed by atoms with Crippen molar-refractivity contribution in [2.75, 3.05) is 26.3 Å². The third-order valence-electron chi connectivity index (χ3n) is 12.0. The quantitative estimate of drug-likeness (QED) is 0.169. The maximum atomic E-state index is 12.6. The minimum atomic E-state index is -0.523. The van der Waals surface area contributed by atoms with Crippen molar-refractivity contribution in [3.63, 3.8) is 0 Å². The van der Waals surface area contributed by atoms with Gasteiger partial charge in [-0.2, -0.15) is 0 Å². The van der Waals surface area contributed by atoms with E-state index in [0.29, 0.717) is 31.7 Å². The van der Waals surface area contributed by atoms with Crippen molar-refractivity contribution in [3.05, 3.63) is 11.6 Å². The van der Waals surface area contributed by atoms with Crippen LogP contribution in [0.3, 0.4) is 0 Å². The number of amides is 2. The molecule has 3 saturated carbocycles. The monoisotopic (exact) mass is 616 g/mol. The summed E-state index contributed by atoms with van der Waals surface area (Å²) in [6.07, 6.45) is 15.6. The lowest BCUT2D eigenvalue weighted by molar-refractivity contribution is -0.0581. The van der Waals surface area contributed by atoms with Crippen LogP contribution >= 0.6 is 0 Å². The molecule has 2 amide bonds. The highest BCUT2D eigenvalue weighted by molar-refractivity contribution is 5.67. The molecule has 8 atom stereocenters. The summed E-state index contributed by atoms with van der Waals surface area (Å²) in [4.78, 5) is 24.2. The summed E-state index contributed by atoms with van der Waals surface area (Å²) in [5.74, 6) is 5.00. The molecule has 7 nitrogen and oxygen atoms in total. The average Bonchev–Trinajstić information content (AvgIpc) is 3.29. The molecule has 0 aromatic rings. The van der Waals surface area contributed by atoms with E-state index in [9.17, 15) is 9.59 Å². The van der Waals surface area contributed by atoms with E-state index in [4.69, 9.17) is 14.2 Å². The Morgan fingerprint density at radius 3 is 2.32 bits per heavy atom. The molecule has 0 aromatic carbocycles. The maximum absolute atomic E-state index is 12.6. The van der Waals surface area contributed by atoms with Gasteiger partial charge in [0.05, 0.1) is 13.2 Å². The molecule has 2 N–H and O–H groups in total. The normalized spacial score (nSPS) is 33.8. The van der Waals surface area contributed by atoms with Crippen molar-refractivity contribution in [1.82, 2.24) is 10.6 Å². The molecule has 44 heavy (non-hydrogen) atoms. The molecule has 3 unspecified atom stereocenters. The van der Waals surface area contributed by atoms with E-state index in [1.54, 1.807) is 5.57 Å². The molecule has 7 heteroatoms. The molecule has 4 aliphatic carbocycles. The molecule has 0 heterocycles. The van der Waals surface area contributed by atoms with Gasteiger partial charge in [-0.15, -0.1) is 0 Å². The van der Waals surface area contributed by atoms with Crippen molar-refractivity contribution in [2.45, 2.75) is 138 Å². The molecule has 0 spiro atoms. The second kappa shape index (κ2) is 14.8. The van der Waals surface area contributed by atoms with E-state index in [0.717, 1.165) is 54.8 Å². The Balaban J connectivity index is 1.20. The van der Waals surface area contributed by atoms with Crippen LogP contribution in [0.4, 0.5) is 9.59 Å². The molecule has 4 aliphatic rings. The van der Waals surface area contributed by atoms with Gasteiger partial charge in [-0.05, 0) is 112 Å². The van der Waals surface area contributed by atoms with Crippen molar-refractivity contribution < 1.29 is 23.8 Å². The smallest absolute Gasteiger partial charge is 0.407 e. The minimum absolute atomic E-state index is 0.0544. The van der Waals surface area contributed by atoms with Gasteiger partial charge in [-0.3, -0.25) is 0 Å². The Morgan fingerprint density at radius 2 is 1.64 bits per heavy atom. The van der Waals surface area contributed by atoms with Crippen molar-refractivity contribution in [2.24, 2.45) is 46.3 Å². The van der Waals surface area contributed by atoms with Crippen LogP contribution in [-0.4, -0.2) is 50.2 Å². The van der Waals surface area contributed by atoms with Crippen molar-refractivity contribution >= 4 is 12.2 Å². The average molecular weight is 617 g/mol. The van der Waals surface area contributed by atoms with Crippen LogP contribution in [-0.2, 0) is 14.2 Å². The first-order valence-electron chi connectivity index (χ1n) is 17.9. The molecule has 0 aliphatic heterocycles. The van der Waals surface area contributed by atoms with E-state index < -0.39 is 11.7 Å². The van der Waals surface area contributed by atoms with Crippen LogP contribution < -0.4 is 10.6 Å². The van der Waals surface area contributed by atoms with Crippen molar-refractivity contribution in [3.8, 4) is 0 Å². The van der Waals surface area contributed by atoms with E-state index in [1.165, 1.54) is 51.4 Å². The molecule has 0 bridgehead atoms. The summed E-state index contributed by atoms with van der Waals surface area (Å²) < 4.78 is 16.6. The fourth-order valence-electron chi connectivity index (χ4n) is 9.81. The first-order chi connectivity index (χ1) is 20.7. The van der Waals surface area contributed by atoms with Crippen LogP contribution in [0, 0.1) is 46.3 Å². The molecule has 252 valence electrons. The fraction of sp³-hybridized carbons (Fsp3) is 0.892. The summed E-state index contributed by atoms with van der Waals surface area (Å²) in [6.45, 7) is 19.4. The summed E-state index contributed by atoms with van der Waals surface area (Å²) in [7, 11) is 0. The second-order valence-corrected chi connectivity index (χ2v) is 16.5. The van der Waals surface area contributed by atoms with Gasteiger partial charge < -0.3 is 24.8 Å². The number of hydrogen-bond acceptors (Lipinski definition) is 5. The molecular weight excluding hydrogens is 552 g/mol. The van der Waals surface area contributed by atoms with Crippen molar-refractivity contribution in [1.29, 1.82) is 0 Å². The van der Waals surface area contributed by atoms with Gasteiger partial charge in [0.25, 0.3) is 0 Å². The Hall–Kier alpha value is -1.76. The number of alkyl carbamates (subject to hydrolysis) is 2. The first-order valence-corrected chi connectivity index (χ1v) is 17.9. The van der Waals surface area contributed by atoms with E-state index in [2.05, 4.69) is 51.3 Å². The summed E-state index contributed by atoms with van der Waals surface area (Å²) >= 11 is 0. The number of carbonyl (C=O) groups excluding carboxylic acids is 2. The van der Waals surface area contributed by atoms with Crippen LogP contribution in [0.1, 0.15) is 126 Å². The number of carbonyl (C=O) groups is 2. The number of fused-ring (bicyclic) bond motifs is 5. The minimum Gasteiger partial charge on any atom is -0.446 e. The Labute approximate surface area is 268 Å². The summed E-state index contributed by atoms with van der Waals surface area (Å²) in [5, 5.41) is 5.49. The van der Waals surface area contributed by atoms with Crippen LogP contribution in [0.15, 0.2) is 11.6 Å². The van der Waals surface area contributed by atoms with Gasteiger partial charge in [-0.25, -0.2) is 9.59 Å². The van der Waals surface area contributed by atoms with E-state index in [-0.39, 0.29) is 17.6 Å². The first kappa shape index (κ1) is 35.1.